The minimum Gasteiger partial charge on any atom is -0.497 e. The molecule has 0 aromatic heterocycles. The van der Waals surface area contributed by atoms with Crippen LogP contribution in [0.15, 0.2) is 65.6 Å². The van der Waals surface area contributed by atoms with Crippen LogP contribution in [0.1, 0.15) is 5.56 Å². The van der Waals surface area contributed by atoms with Crippen LogP contribution in [0.5, 0.6) is 5.75 Å². The van der Waals surface area contributed by atoms with Gasteiger partial charge in [0.2, 0.25) is 0 Å². The van der Waals surface area contributed by atoms with E-state index in [1.54, 1.807) is 56.7 Å². The number of fused-ring (bicyclic) bond motifs is 1. The fourth-order valence-electron chi connectivity index (χ4n) is 2.60. The van der Waals surface area contributed by atoms with Crippen LogP contribution in [-0.4, -0.2) is 22.6 Å². The highest BCUT2D eigenvalue weighted by molar-refractivity contribution is 7.92. The summed E-state index contributed by atoms with van der Waals surface area (Å²) in [4.78, 5) is 0.210. The molecule has 0 unspecified atom stereocenters. The van der Waals surface area contributed by atoms with Gasteiger partial charge in [0.1, 0.15) is 5.75 Å². The number of methoxy groups -OCH3 is 2. The van der Waals surface area contributed by atoms with Crippen molar-refractivity contribution in [3.63, 3.8) is 0 Å². The molecule has 6 heteroatoms. The summed E-state index contributed by atoms with van der Waals surface area (Å²) in [6, 6.07) is 17.7. The zero-order valence-corrected chi connectivity index (χ0v) is 14.8. The Bertz CT molecular complexity index is 999. The molecule has 0 aliphatic heterocycles. The topological polar surface area (TPSA) is 64.6 Å². The molecule has 0 aliphatic rings. The van der Waals surface area contributed by atoms with E-state index < -0.39 is 10.0 Å². The van der Waals surface area contributed by atoms with Crippen molar-refractivity contribution < 1.29 is 17.9 Å². The van der Waals surface area contributed by atoms with Gasteiger partial charge in [-0.2, -0.15) is 0 Å². The van der Waals surface area contributed by atoms with Gasteiger partial charge in [-0.15, -0.1) is 0 Å². The van der Waals surface area contributed by atoms with Crippen molar-refractivity contribution in [1.29, 1.82) is 0 Å². The number of rotatable bonds is 6. The van der Waals surface area contributed by atoms with E-state index in [2.05, 4.69) is 4.72 Å². The molecule has 5 nitrogen and oxygen atoms in total. The molecule has 0 saturated carbocycles. The molecule has 0 amide bonds. The number of hydrogen-bond acceptors (Lipinski definition) is 4. The summed E-state index contributed by atoms with van der Waals surface area (Å²) in [6.07, 6.45) is 0. The Balaban J connectivity index is 1.91. The van der Waals surface area contributed by atoms with Crippen molar-refractivity contribution in [2.24, 2.45) is 0 Å². The lowest BCUT2D eigenvalue weighted by molar-refractivity contribution is 0.185. The highest BCUT2D eigenvalue weighted by atomic mass is 32.2. The highest BCUT2D eigenvalue weighted by Gasteiger charge is 2.15. The Hall–Kier alpha value is -2.57. The molecule has 0 atom stereocenters. The van der Waals surface area contributed by atoms with Gasteiger partial charge >= 0.3 is 0 Å². The third kappa shape index (κ3) is 3.92. The van der Waals surface area contributed by atoms with Gasteiger partial charge in [0.05, 0.1) is 18.6 Å². The van der Waals surface area contributed by atoms with E-state index in [9.17, 15) is 8.42 Å². The number of benzene rings is 3. The van der Waals surface area contributed by atoms with Gasteiger partial charge in [0.15, 0.2) is 0 Å². The van der Waals surface area contributed by atoms with Crippen molar-refractivity contribution in [2.45, 2.75) is 11.5 Å². The summed E-state index contributed by atoms with van der Waals surface area (Å²) in [5.41, 5.74) is 1.40. The number of ether oxygens (including phenoxy) is 2. The van der Waals surface area contributed by atoms with Crippen LogP contribution in [0.4, 0.5) is 5.69 Å². The second-order valence-electron chi connectivity index (χ2n) is 5.61. The second-order valence-corrected chi connectivity index (χ2v) is 7.30. The summed E-state index contributed by atoms with van der Waals surface area (Å²) in [5.74, 6) is 0.733. The SMILES string of the molecule is COCc1cccc(NS(=O)(=O)c2ccc3cc(OC)ccc3c2)c1. The minimum atomic E-state index is -3.67. The molecule has 1 N–H and O–H groups in total. The highest BCUT2D eigenvalue weighted by Crippen LogP contribution is 2.25. The molecule has 25 heavy (non-hydrogen) atoms. The van der Waals surface area contributed by atoms with Gasteiger partial charge in [-0.05, 0) is 52.7 Å². The largest absolute Gasteiger partial charge is 0.497 e. The predicted octanol–water partition coefficient (Wildman–Crippen LogP) is 3.80. The maximum absolute atomic E-state index is 12.7. The van der Waals surface area contributed by atoms with Gasteiger partial charge < -0.3 is 9.47 Å². The van der Waals surface area contributed by atoms with Gasteiger partial charge in [-0.1, -0.05) is 24.3 Å². The Morgan fingerprint density at radius 1 is 0.920 bits per heavy atom. The van der Waals surface area contributed by atoms with E-state index in [1.807, 2.05) is 18.2 Å². The van der Waals surface area contributed by atoms with Crippen molar-refractivity contribution >= 4 is 26.5 Å². The summed E-state index contributed by atoms with van der Waals surface area (Å²) in [5, 5.41) is 1.75. The molecular formula is C19H19NO4S. The number of anilines is 1. The average molecular weight is 357 g/mol. The molecule has 0 saturated heterocycles. The van der Waals surface area contributed by atoms with Crippen LogP contribution < -0.4 is 9.46 Å². The van der Waals surface area contributed by atoms with E-state index in [0.29, 0.717) is 12.3 Å². The van der Waals surface area contributed by atoms with E-state index in [-0.39, 0.29) is 4.90 Å². The maximum Gasteiger partial charge on any atom is 0.261 e. The normalized spacial score (nSPS) is 11.4. The molecule has 3 aromatic rings. The van der Waals surface area contributed by atoms with E-state index >= 15 is 0 Å². The van der Waals surface area contributed by atoms with Crippen molar-refractivity contribution in [2.75, 3.05) is 18.9 Å². The summed E-state index contributed by atoms with van der Waals surface area (Å²) >= 11 is 0. The number of hydrogen-bond donors (Lipinski definition) is 1. The lowest BCUT2D eigenvalue weighted by Crippen LogP contribution is -2.13. The van der Waals surface area contributed by atoms with Crippen molar-refractivity contribution in [3.8, 4) is 5.75 Å². The van der Waals surface area contributed by atoms with Crippen molar-refractivity contribution in [1.82, 2.24) is 0 Å². The molecule has 3 aromatic carbocycles. The van der Waals surface area contributed by atoms with Crippen LogP contribution >= 0.6 is 0 Å². The Morgan fingerprint density at radius 2 is 1.68 bits per heavy atom. The van der Waals surface area contributed by atoms with Crippen LogP contribution in [0.3, 0.4) is 0 Å². The smallest absolute Gasteiger partial charge is 0.261 e. The third-order valence-electron chi connectivity index (χ3n) is 3.82. The average Bonchev–Trinajstić information content (AvgIpc) is 2.61. The predicted molar refractivity (Wildman–Crippen MR) is 98.5 cm³/mol. The lowest BCUT2D eigenvalue weighted by atomic mass is 10.1. The van der Waals surface area contributed by atoms with E-state index in [1.165, 1.54) is 0 Å². The van der Waals surface area contributed by atoms with Crippen LogP contribution in [0.25, 0.3) is 10.8 Å². The molecule has 0 bridgehead atoms. The number of nitrogens with one attached hydrogen (secondary N) is 1. The molecular weight excluding hydrogens is 338 g/mol. The van der Waals surface area contributed by atoms with Crippen LogP contribution in [0.2, 0.25) is 0 Å². The molecule has 0 aliphatic carbocycles. The molecule has 0 radical (unpaired) electrons. The molecule has 0 fully saturated rings. The lowest BCUT2D eigenvalue weighted by Gasteiger charge is -2.10. The van der Waals surface area contributed by atoms with Crippen LogP contribution in [-0.2, 0) is 21.4 Å². The van der Waals surface area contributed by atoms with Gasteiger partial charge in [0.25, 0.3) is 10.0 Å². The fourth-order valence-corrected chi connectivity index (χ4v) is 3.69. The molecule has 0 heterocycles. The quantitative estimate of drug-likeness (QED) is 0.729. The van der Waals surface area contributed by atoms with Crippen LogP contribution in [0, 0.1) is 0 Å². The first-order valence-electron chi connectivity index (χ1n) is 7.70. The van der Waals surface area contributed by atoms with Gasteiger partial charge in [-0.3, -0.25) is 4.72 Å². The summed E-state index contributed by atoms with van der Waals surface area (Å²) in [6.45, 7) is 0.424. The molecule has 0 spiro atoms. The Morgan fingerprint density at radius 3 is 2.44 bits per heavy atom. The zero-order chi connectivity index (χ0) is 17.9. The first-order valence-corrected chi connectivity index (χ1v) is 9.19. The van der Waals surface area contributed by atoms with Crippen molar-refractivity contribution in [3.05, 3.63) is 66.2 Å². The minimum absolute atomic E-state index is 0.210. The van der Waals surface area contributed by atoms with Gasteiger partial charge in [-0.25, -0.2) is 8.42 Å². The molecule has 3 rings (SSSR count). The summed E-state index contributed by atoms with van der Waals surface area (Å²) < 4.78 is 38.2. The van der Waals surface area contributed by atoms with Gasteiger partial charge in [0, 0.05) is 12.8 Å². The zero-order valence-electron chi connectivity index (χ0n) is 14.0. The van der Waals surface area contributed by atoms with E-state index in [4.69, 9.17) is 9.47 Å². The Kier molecular flexibility index (Phi) is 4.92. The molecule has 130 valence electrons. The summed E-state index contributed by atoms with van der Waals surface area (Å²) in [7, 11) is -0.477. The first-order chi connectivity index (χ1) is 12.0. The maximum atomic E-state index is 12.7. The second kappa shape index (κ2) is 7.13. The third-order valence-corrected chi connectivity index (χ3v) is 5.20. The fraction of sp³-hybridized carbons (Fsp3) is 0.158. The Labute approximate surface area is 147 Å². The first kappa shape index (κ1) is 17.3. The van der Waals surface area contributed by atoms with E-state index in [0.717, 1.165) is 22.1 Å². The number of sulfonamides is 1. The monoisotopic (exact) mass is 357 g/mol. The standard InChI is InChI=1S/C19H19NO4S/c1-23-13-14-4-3-5-17(10-14)20-25(21,22)19-9-7-15-11-18(24-2)8-6-16(15)12-19/h3-12,20H,13H2,1-2H3.